The number of carboxylic acid groups (broad SMARTS) is 1. The fraction of sp³-hybridized carbons (Fsp3) is 0.133. The summed E-state index contributed by atoms with van der Waals surface area (Å²) in [7, 11) is 0. The van der Waals surface area contributed by atoms with Crippen LogP contribution in [0.25, 0.3) is 11.3 Å². The molecular formula is C15H13N3O3. The highest BCUT2D eigenvalue weighted by atomic mass is 16.4. The summed E-state index contributed by atoms with van der Waals surface area (Å²) in [6, 6.07) is 7.01. The lowest BCUT2D eigenvalue weighted by Gasteiger charge is -2.01. The number of nitrogens with one attached hydrogen (secondary N) is 1. The molecule has 6 nitrogen and oxygen atoms in total. The average Bonchev–Trinajstić information content (AvgIpc) is 3.00. The minimum atomic E-state index is -1.03. The molecule has 6 heteroatoms. The van der Waals surface area contributed by atoms with Gasteiger partial charge in [0.1, 0.15) is 5.69 Å². The molecule has 1 aliphatic rings. The molecule has 0 aliphatic carbocycles. The number of hydrogen-bond donors (Lipinski definition) is 2. The zero-order valence-electron chi connectivity index (χ0n) is 11.2. The first-order valence-electron chi connectivity index (χ1n) is 6.43. The predicted molar refractivity (Wildman–Crippen MR) is 77.2 cm³/mol. The number of amides is 1. The van der Waals surface area contributed by atoms with Gasteiger partial charge < -0.3 is 10.4 Å². The number of aromatic carboxylic acids is 1. The zero-order valence-corrected chi connectivity index (χ0v) is 11.2. The third kappa shape index (κ3) is 2.31. The van der Waals surface area contributed by atoms with Crippen molar-refractivity contribution in [3.05, 3.63) is 48.2 Å². The second-order valence-electron chi connectivity index (χ2n) is 4.79. The topological polar surface area (TPSA) is 84.2 Å². The maximum atomic E-state index is 11.4. The van der Waals surface area contributed by atoms with Crippen molar-refractivity contribution in [1.29, 1.82) is 0 Å². The lowest BCUT2D eigenvalue weighted by Crippen LogP contribution is -2.08. The molecule has 0 fully saturated rings. The monoisotopic (exact) mass is 283 g/mol. The molecule has 0 bridgehead atoms. The fourth-order valence-electron chi connectivity index (χ4n) is 2.38. The van der Waals surface area contributed by atoms with Crippen LogP contribution >= 0.6 is 0 Å². The van der Waals surface area contributed by atoms with Gasteiger partial charge in [-0.1, -0.05) is 12.1 Å². The van der Waals surface area contributed by atoms with E-state index in [1.807, 2.05) is 18.2 Å². The lowest BCUT2D eigenvalue weighted by atomic mass is 10.1. The summed E-state index contributed by atoms with van der Waals surface area (Å²) >= 11 is 0. The first kappa shape index (κ1) is 13.1. The van der Waals surface area contributed by atoms with Crippen molar-refractivity contribution in [2.24, 2.45) is 0 Å². The molecule has 0 unspecified atom stereocenters. The van der Waals surface area contributed by atoms with Crippen LogP contribution in [-0.2, 0) is 17.8 Å². The van der Waals surface area contributed by atoms with Gasteiger partial charge in [0, 0.05) is 11.3 Å². The highest BCUT2D eigenvalue weighted by Gasteiger charge is 2.20. The molecule has 3 rings (SSSR count). The Balaban J connectivity index is 2.03. The van der Waals surface area contributed by atoms with Crippen molar-refractivity contribution in [1.82, 2.24) is 9.78 Å². The molecule has 0 saturated carbocycles. The Hall–Kier alpha value is -2.89. The van der Waals surface area contributed by atoms with E-state index in [-0.39, 0.29) is 11.6 Å². The van der Waals surface area contributed by atoms with Crippen molar-refractivity contribution in [3.8, 4) is 11.3 Å². The van der Waals surface area contributed by atoms with Crippen LogP contribution in [0.3, 0.4) is 0 Å². The molecule has 1 aromatic carbocycles. The molecule has 106 valence electrons. The first-order chi connectivity index (χ1) is 10.1. The van der Waals surface area contributed by atoms with E-state index < -0.39 is 5.97 Å². The maximum absolute atomic E-state index is 11.4. The van der Waals surface area contributed by atoms with E-state index in [0.717, 1.165) is 16.8 Å². The van der Waals surface area contributed by atoms with Crippen molar-refractivity contribution < 1.29 is 14.7 Å². The molecule has 0 radical (unpaired) electrons. The summed E-state index contributed by atoms with van der Waals surface area (Å²) in [6.07, 6.45) is 1.93. The van der Waals surface area contributed by atoms with Crippen molar-refractivity contribution >= 4 is 17.6 Å². The molecule has 0 spiro atoms. The molecule has 0 saturated heterocycles. The summed E-state index contributed by atoms with van der Waals surface area (Å²) in [5, 5.41) is 16.2. The number of aromatic nitrogens is 2. The predicted octanol–water partition coefficient (Wildman–Crippen LogP) is 1.93. The number of anilines is 1. The van der Waals surface area contributed by atoms with Crippen LogP contribution in [0.2, 0.25) is 0 Å². The Morgan fingerprint density at radius 3 is 3.00 bits per heavy atom. The van der Waals surface area contributed by atoms with E-state index in [0.29, 0.717) is 18.7 Å². The number of allylic oxidation sites excluding steroid dienone is 1. The largest absolute Gasteiger partial charge is 0.477 e. The van der Waals surface area contributed by atoms with Gasteiger partial charge in [-0.05, 0) is 23.8 Å². The van der Waals surface area contributed by atoms with Crippen LogP contribution in [0.5, 0.6) is 0 Å². The minimum Gasteiger partial charge on any atom is -0.477 e. The van der Waals surface area contributed by atoms with Gasteiger partial charge in [0.2, 0.25) is 5.91 Å². The molecule has 2 aromatic rings. The highest BCUT2D eigenvalue weighted by Crippen LogP contribution is 2.28. The van der Waals surface area contributed by atoms with E-state index in [2.05, 4.69) is 17.0 Å². The van der Waals surface area contributed by atoms with Gasteiger partial charge in [0.15, 0.2) is 0 Å². The van der Waals surface area contributed by atoms with Crippen LogP contribution in [0.15, 0.2) is 36.9 Å². The van der Waals surface area contributed by atoms with Gasteiger partial charge in [-0.15, -0.1) is 6.58 Å². The van der Waals surface area contributed by atoms with Gasteiger partial charge in [0.05, 0.1) is 18.7 Å². The second-order valence-corrected chi connectivity index (χ2v) is 4.79. The van der Waals surface area contributed by atoms with Gasteiger partial charge in [-0.25, -0.2) is 4.79 Å². The van der Waals surface area contributed by atoms with E-state index in [1.54, 1.807) is 6.08 Å². The van der Waals surface area contributed by atoms with E-state index in [9.17, 15) is 14.7 Å². The van der Waals surface area contributed by atoms with Gasteiger partial charge >= 0.3 is 5.97 Å². The Bertz CT molecular complexity index is 762. The Kier molecular flexibility index (Phi) is 3.06. The summed E-state index contributed by atoms with van der Waals surface area (Å²) < 4.78 is 1.39. The molecule has 2 heterocycles. The molecule has 1 aliphatic heterocycles. The number of carbonyl (C=O) groups is 2. The lowest BCUT2D eigenvalue weighted by molar-refractivity contribution is -0.115. The second kappa shape index (κ2) is 4.90. The average molecular weight is 283 g/mol. The molecule has 0 atom stereocenters. The summed E-state index contributed by atoms with van der Waals surface area (Å²) in [5.41, 5.74) is 3.16. The van der Waals surface area contributed by atoms with E-state index >= 15 is 0 Å². The number of carbonyl (C=O) groups excluding carboxylic acids is 1. The zero-order chi connectivity index (χ0) is 15.0. The third-order valence-corrected chi connectivity index (χ3v) is 3.33. The molecule has 1 aromatic heterocycles. The van der Waals surface area contributed by atoms with E-state index in [4.69, 9.17) is 0 Å². The number of fused-ring (bicyclic) bond motifs is 1. The fourth-order valence-corrected chi connectivity index (χ4v) is 2.38. The maximum Gasteiger partial charge on any atom is 0.354 e. The summed E-state index contributed by atoms with van der Waals surface area (Å²) in [6.45, 7) is 3.92. The van der Waals surface area contributed by atoms with Crippen LogP contribution < -0.4 is 5.32 Å². The van der Waals surface area contributed by atoms with Gasteiger partial charge in [-0.3, -0.25) is 9.48 Å². The van der Waals surface area contributed by atoms with Crippen molar-refractivity contribution in [3.63, 3.8) is 0 Å². The third-order valence-electron chi connectivity index (χ3n) is 3.33. The Labute approximate surface area is 120 Å². The SMILES string of the molecule is C=CCn1nc(-c2ccc3c(c2)CC(=O)N3)cc1C(=O)O. The van der Waals surface area contributed by atoms with Gasteiger partial charge in [0.25, 0.3) is 0 Å². The van der Waals surface area contributed by atoms with Crippen LogP contribution in [-0.4, -0.2) is 26.8 Å². The number of benzene rings is 1. The number of hydrogen-bond acceptors (Lipinski definition) is 3. The quantitative estimate of drug-likeness (QED) is 0.840. The minimum absolute atomic E-state index is 0.0365. The van der Waals surface area contributed by atoms with Crippen LogP contribution in [0, 0.1) is 0 Å². The van der Waals surface area contributed by atoms with Crippen molar-refractivity contribution in [2.75, 3.05) is 5.32 Å². The standard InChI is InChI=1S/C15H13N3O3/c1-2-5-18-13(15(20)21)8-12(17-18)9-3-4-11-10(6-9)7-14(19)16-11/h2-4,6,8H,1,5,7H2,(H,16,19)(H,20,21). The number of rotatable bonds is 4. The summed E-state index contributed by atoms with van der Waals surface area (Å²) in [5.74, 6) is -1.07. The number of nitrogens with zero attached hydrogens (tertiary/aromatic N) is 2. The van der Waals surface area contributed by atoms with Gasteiger partial charge in [-0.2, -0.15) is 5.10 Å². The smallest absolute Gasteiger partial charge is 0.354 e. The Morgan fingerprint density at radius 2 is 2.29 bits per heavy atom. The normalized spacial score (nSPS) is 12.9. The first-order valence-corrected chi connectivity index (χ1v) is 6.43. The molecule has 21 heavy (non-hydrogen) atoms. The molecule has 2 N–H and O–H groups in total. The van der Waals surface area contributed by atoms with E-state index in [1.165, 1.54) is 10.7 Å². The van der Waals surface area contributed by atoms with Crippen molar-refractivity contribution in [2.45, 2.75) is 13.0 Å². The molecule has 1 amide bonds. The molecular weight excluding hydrogens is 270 g/mol. The number of carboxylic acids is 1. The summed E-state index contributed by atoms with van der Waals surface area (Å²) in [4.78, 5) is 22.6. The van der Waals surface area contributed by atoms with Crippen LogP contribution in [0.1, 0.15) is 16.1 Å². The Morgan fingerprint density at radius 1 is 1.48 bits per heavy atom. The highest BCUT2D eigenvalue weighted by molar-refractivity contribution is 5.99. The van der Waals surface area contributed by atoms with Crippen LogP contribution in [0.4, 0.5) is 5.69 Å².